The quantitative estimate of drug-likeness (QED) is 0.943. The second-order valence-corrected chi connectivity index (χ2v) is 6.04. The Morgan fingerprint density at radius 2 is 2.13 bits per heavy atom. The largest absolute Gasteiger partial charge is 0.310 e. The molecule has 122 valence electrons. The number of halogens is 1. The van der Waals surface area contributed by atoms with E-state index in [1.165, 1.54) is 12.1 Å². The number of nitrogens with one attached hydrogen (secondary N) is 1. The van der Waals surface area contributed by atoms with E-state index in [0.717, 1.165) is 30.6 Å². The van der Waals surface area contributed by atoms with E-state index < -0.39 is 0 Å². The molecule has 1 unspecified atom stereocenters. The number of anilines is 1. The normalized spacial score (nSPS) is 18.3. The predicted molar refractivity (Wildman–Crippen MR) is 86.4 cm³/mol. The summed E-state index contributed by atoms with van der Waals surface area (Å²) >= 11 is 0. The van der Waals surface area contributed by atoms with E-state index in [-0.39, 0.29) is 17.8 Å². The maximum Gasteiger partial charge on any atom is 0.242 e. The Bertz CT molecular complexity index is 695. The first-order valence-corrected chi connectivity index (χ1v) is 7.83. The Hall–Kier alpha value is -2.21. The fraction of sp³-hybridized carbons (Fsp3) is 0.412. The van der Waals surface area contributed by atoms with Crippen LogP contribution < -0.4 is 5.32 Å². The fourth-order valence-electron chi connectivity index (χ4n) is 3.07. The van der Waals surface area contributed by atoms with Gasteiger partial charge in [-0.3, -0.25) is 14.4 Å². The van der Waals surface area contributed by atoms with E-state index in [9.17, 15) is 9.18 Å². The summed E-state index contributed by atoms with van der Waals surface area (Å²) in [5.41, 5.74) is 1.89. The average Bonchev–Trinajstić information content (AvgIpc) is 3.08. The van der Waals surface area contributed by atoms with Crippen molar-refractivity contribution in [3.63, 3.8) is 0 Å². The molecule has 1 saturated heterocycles. The van der Waals surface area contributed by atoms with Crippen molar-refractivity contribution in [1.82, 2.24) is 14.7 Å². The Labute approximate surface area is 135 Å². The number of rotatable bonds is 4. The molecular weight excluding hydrogens is 295 g/mol. The minimum Gasteiger partial charge on any atom is -0.310 e. The minimum atomic E-state index is -0.240. The third-order valence-corrected chi connectivity index (χ3v) is 4.22. The highest BCUT2D eigenvalue weighted by Gasteiger charge is 2.31. The van der Waals surface area contributed by atoms with Gasteiger partial charge in [0.25, 0.3) is 0 Å². The van der Waals surface area contributed by atoms with Crippen molar-refractivity contribution >= 4 is 11.7 Å². The van der Waals surface area contributed by atoms with Gasteiger partial charge in [0, 0.05) is 19.7 Å². The molecule has 0 saturated carbocycles. The predicted octanol–water partition coefficient (Wildman–Crippen LogP) is 2.47. The Balaban J connectivity index is 1.67. The molecule has 1 N–H and O–H groups in total. The molecule has 1 atom stereocenters. The van der Waals surface area contributed by atoms with E-state index in [1.807, 2.05) is 20.0 Å². The molecule has 6 heteroatoms. The first-order chi connectivity index (χ1) is 11.0. The molecule has 1 amide bonds. The summed E-state index contributed by atoms with van der Waals surface area (Å²) in [6.07, 6.45) is 1.83. The van der Waals surface area contributed by atoms with Gasteiger partial charge in [0.1, 0.15) is 11.6 Å². The van der Waals surface area contributed by atoms with Gasteiger partial charge < -0.3 is 5.32 Å². The second kappa shape index (κ2) is 6.50. The lowest BCUT2D eigenvalue weighted by Gasteiger charge is -2.23. The molecule has 0 radical (unpaired) electrons. The summed E-state index contributed by atoms with van der Waals surface area (Å²) in [5, 5.41) is 7.20. The van der Waals surface area contributed by atoms with Crippen molar-refractivity contribution in [2.45, 2.75) is 32.4 Å². The highest BCUT2D eigenvalue weighted by molar-refractivity contribution is 5.94. The van der Waals surface area contributed by atoms with Gasteiger partial charge in [-0.1, -0.05) is 12.1 Å². The van der Waals surface area contributed by atoms with E-state index in [0.29, 0.717) is 12.4 Å². The molecule has 1 fully saturated rings. The van der Waals surface area contributed by atoms with Crippen molar-refractivity contribution in [2.75, 3.05) is 11.9 Å². The highest BCUT2D eigenvalue weighted by atomic mass is 19.1. The average molecular weight is 316 g/mol. The molecule has 2 aromatic rings. The lowest BCUT2D eigenvalue weighted by molar-refractivity contribution is -0.120. The molecule has 1 aromatic carbocycles. The van der Waals surface area contributed by atoms with Gasteiger partial charge in [-0.2, -0.15) is 5.10 Å². The Morgan fingerprint density at radius 3 is 2.78 bits per heavy atom. The van der Waals surface area contributed by atoms with Crippen LogP contribution in [0.15, 0.2) is 30.3 Å². The van der Waals surface area contributed by atoms with Crippen LogP contribution >= 0.6 is 0 Å². The molecule has 2 heterocycles. The van der Waals surface area contributed by atoms with E-state index in [1.54, 1.807) is 16.8 Å². The zero-order chi connectivity index (χ0) is 16.4. The molecule has 1 aliphatic heterocycles. The maximum atomic E-state index is 13.0. The molecule has 3 rings (SSSR count). The third kappa shape index (κ3) is 3.59. The zero-order valence-corrected chi connectivity index (χ0v) is 13.4. The van der Waals surface area contributed by atoms with Crippen LogP contribution in [-0.4, -0.2) is 33.2 Å². The molecule has 1 aliphatic rings. The maximum absolute atomic E-state index is 13.0. The number of carbonyl (C=O) groups is 1. The fourth-order valence-corrected chi connectivity index (χ4v) is 3.07. The summed E-state index contributed by atoms with van der Waals surface area (Å²) in [4.78, 5) is 14.7. The van der Waals surface area contributed by atoms with Gasteiger partial charge >= 0.3 is 0 Å². The molecule has 1 aromatic heterocycles. The minimum absolute atomic E-state index is 0.00684. The first kappa shape index (κ1) is 15.7. The van der Waals surface area contributed by atoms with Crippen molar-refractivity contribution in [3.05, 3.63) is 47.4 Å². The number of benzene rings is 1. The number of amides is 1. The Kier molecular flexibility index (Phi) is 4.43. The van der Waals surface area contributed by atoms with Gasteiger partial charge in [0.05, 0.1) is 11.7 Å². The van der Waals surface area contributed by atoms with Crippen LogP contribution in [0.1, 0.15) is 24.1 Å². The van der Waals surface area contributed by atoms with Gasteiger partial charge in [0.2, 0.25) is 5.91 Å². The summed E-state index contributed by atoms with van der Waals surface area (Å²) in [7, 11) is 1.81. The lowest BCUT2D eigenvalue weighted by atomic mass is 10.1. The van der Waals surface area contributed by atoms with Crippen LogP contribution in [0.4, 0.5) is 10.2 Å². The zero-order valence-electron chi connectivity index (χ0n) is 13.4. The van der Waals surface area contributed by atoms with Crippen molar-refractivity contribution < 1.29 is 9.18 Å². The highest BCUT2D eigenvalue weighted by Crippen LogP contribution is 2.22. The molecule has 23 heavy (non-hydrogen) atoms. The monoisotopic (exact) mass is 316 g/mol. The molecule has 0 spiro atoms. The number of carbonyl (C=O) groups excluding carboxylic acids is 1. The lowest BCUT2D eigenvalue weighted by Crippen LogP contribution is -2.39. The van der Waals surface area contributed by atoms with Crippen molar-refractivity contribution in [1.29, 1.82) is 0 Å². The summed E-state index contributed by atoms with van der Waals surface area (Å²) in [6.45, 7) is 3.43. The van der Waals surface area contributed by atoms with Gasteiger partial charge in [-0.05, 0) is 44.0 Å². The molecular formula is C17H21FN4O. The number of likely N-dealkylation sites (tertiary alicyclic amines) is 1. The smallest absolute Gasteiger partial charge is 0.242 e. The van der Waals surface area contributed by atoms with Gasteiger partial charge in [-0.15, -0.1) is 0 Å². The standard InChI is InChI=1S/C17H21FN4O/c1-12-10-16(21(2)20-12)19-17(23)15-4-3-9-22(15)11-13-5-7-14(18)8-6-13/h5-8,10,15H,3-4,9,11H2,1-2H3,(H,19,23). The second-order valence-electron chi connectivity index (χ2n) is 6.04. The third-order valence-electron chi connectivity index (χ3n) is 4.22. The van der Waals surface area contributed by atoms with Crippen LogP contribution in [0.25, 0.3) is 0 Å². The van der Waals surface area contributed by atoms with Crippen LogP contribution in [0.5, 0.6) is 0 Å². The van der Waals surface area contributed by atoms with Crippen LogP contribution in [0, 0.1) is 12.7 Å². The van der Waals surface area contributed by atoms with Gasteiger partial charge in [0.15, 0.2) is 0 Å². The topological polar surface area (TPSA) is 50.2 Å². The molecule has 5 nitrogen and oxygen atoms in total. The number of nitrogens with zero attached hydrogens (tertiary/aromatic N) is 3. The van der Waals surface area contributed by atoms with Crippen LogP contribution in [0.2, 0.25) is 0 Å². The van der Waals surface area contributed by atoms with E-state index in [4.69, 9.17) is 0 Å². The van der Waals surface area contributed by atoms with Crippen LogP contribution in [-0.2, 0) is 18.4 Å². The Morgan fingerprint density at radius 1 is 1.39 bits per heavy atom. The summed E-state index contributed by atoms with van der Waals surface area (Å²) in [5.74, 6) is 0.463. The number of hydrogen-bond donors (Lipinski definition) is 1. The number of aryl methyl sites for hydroxylation is 2. The van der Waals surface area contributed by atoms with E-state index >= 15 is 0 Å². The SMILES string of the molecule is Cc1cc(NC(=O)C2CCCN2Cc2ccc(F)cc2)n(C)n1. The van der Waals surface area contributed by atoms with Crippen molar-refractivity contribution in [3.8, 4) is 0 Å². The molecule has 0 aliphatic carbocycles. The molecule has 0 bridgehead atoms. The summed E-state index contributed by atoms with van der Waals surface area (Å²) in [6, 6.07) is 8.16. The van der Waals surface area contributed by atoms with Crippen LogP contribution in [0.3, 0.4) is 0 Å². The first-order valence-electron chi connectivity index (χ1n) is 7.83. The number of aromatic nitrogens is 2. The van der Waals surface area contributed by atoms with E-state index in [2.05, 4.69) is 15.3 Å². The number of hydrogen-bond acceptors (Lipinski definition) is 3. The summed E-state index contributed by atoms with van der Waals surface area (Å²) < 4.78 is 14.7. The van der Waals surface area contributed by atoms with Gasteiger partial charge in [-0.25, -0.2) is 4.39 Å². The van der Waals surface area contributed by atoms with Crippen molar-refractivity contribution in [2.24, 2.45) is 7.05 Å².